The second kappa shape index (κ2) is 5.71. The molecule has 0 unspecified atom stereocenters. The number of carbonyl (C=O) groups is 2. The van der Waals surface area contributed by atoms with Crippen LogP contribution in [0.3, 0.4) is 0 Å². The summed E-state index contributed by atoms with van der Waals surface area (Å²) >= 11 is 11.8. The average molecular weight is 408 g/mol. The zero-order chi connectivity index (χ0) is 19.7. The molecule has 1 aliphatic carbocycles. The molecule has 1 heterocycles. The van der Waals surface area contributed by atoms with Crippen LogP contribution in [0.1, 0.15) is 26.7 Å². The van der Waals surface area contributed by atoms with Crippen molar-refractivity contribution in [3.05, 3.63) is 39.5 Å². The van der Waals surface area contributed by atoms with Crippen LogP contribution in [0, 0.1) is 5.41 Å². The lowest BCUT2D eigenvalue weighted by Crippen LogP contribution is -2.55. The Hall–Kier alpha value is -1.57. The second-order valence-corrected chi connectivity index (χ2v) is 8.02. The summed E-state index contributed by atoms with van der Waals surface area (Å²) in [6.07, 6.45) is -5.53. The van der Waals surface area contributed by atoms with Gasteiger partial charge in [-0.3, -0.25) is 14.5 Å². The van der Waals surface area contributed by atoms with E-state index in [0.717, 1.165) is 4.90 Å². The molecule has 1 aromatic rings. The summed E-state index contributed by atoms with van der Waals surface area (Å²) in [6, 6.07) is 3.86. The third-order valence-electron chi connectivity index (χ3n) is 4.57. The van der Waals surface area contributed by atoms with Gasteiger partial charge in [0.25, 0.3) is 11.5 Å². The molecule has 0 saturated heterocycles. The molecule has 0 fully saturated rings. The molecule has 4 nitrogen and oxygen atoms in total. The first kappa shape index (κ1) is 19.2. The number of rotatable bonds is 1. The van der Waals surface area contributed by atoms with Crippen molar-refractivity contribution in [2.45, 2.75) is 38.5 Å². The lowest BCUT2D eigenvalue weighted by atomic mass is 9.73. The molecule has 0 bridgehead atoms. The highest BCUT2D eigenvalue weighted by molar-refractivity contribution is 6.42. The molecule has 1 N–H and O–H groups in total. The Bertz CT molecular complexity index is 863. The van der Waals surface area contributed by atoms with Crippen molar-refractivity contribution < 1.29 is 27.9 Å². The molecular weight excluding hydrogens is 394 g/mol. The van der Waals surface area contributed by atoms with Gasteiger partial charge in [-0.15, -0.1) is 0 Å². The SMILES string of the molecule is CC1(C)CC(=O)C2=C(C1)N(c1ccc(Cl)c(Cl)c1)C(=O)[C@@]2(O)C(F)(F)F. The van der Waals surface area contributed by atoms with Crippen molar-refractivity contribution in [3.63, 3.8) is 0 Å². The van der Waals surface area contributed by atoms with Crippen LogP contribution < -0.4 is 4.90 Å². The molecule has 1 aromatic carbocycles. The number of halogens is 5. The minimum absolute atomic E-state index is 0.00238. The van der Waals surface area contributed by atoms with Gasteiger partial charge in [0.05, 0.1) is 21.3 Å². The van der Waals surface area contributed by atoms with Gasteiger partial charge in [-0.25, -0.2) is 0 Å². The maximum atomic E-state index is 13.6. The molecular formula is C17H14Cl2F3NO3. The van der Waals surface area contributed by atoms with E-state index in [1.807, 2.05) is 0 Å². The number of anilines is 1. The van der Waals surface area contributed by atoms with Crippen molar-refractivity contribution in [2.75, 3.05) is 4.90 Å². The largest absolute Gasteiger partial charge is 0.430 e. The van der Waals surface area contributed by atoms with Gasteiger partial charge < -0.3 is 5.11 Å². The molecule has 0 spiro atoms. The molecule has 1 aliphatic heterocycles. The fourth-order valence-electron chi connectivity index (χ4n) is 3.44. The van der Waals surface area contributed by atoms with E-state index in [2.05, 4.69) is 0 Å². The number of alkyl halides is 3. The Morgan fingerprint density at radius 3 is 2.27 bits per heavy atom. The summed E-state index contributed by atoms with van der Waals surface area (Å²) in [4.78, 5) is 25.9. The highest BCUT2D eigenvalue weighted by atomic mass is 35.5. The number of hydrogen-bond donors (Lipinski definition) is 1. The number of hydrogen-bond acceptors (Lipinski definition) is 3. The van der Waals surface area contributed by atoms with Crippen LogP contribution >= 0.6 is 23.2 Å². The van der Waals surface area contributed by atoms with Crippen molar-refractivity contribution in [1.29, 1.82) is 0 Å². The lowest BCUT2D eigenvalue weighted by Gasteiger charge is -2.33. The fraction of sp³-hybridized carbons (Fsp3) is 0.412. The van der Waals surface area contributed by atoms with Crippen LogP contribution in [0.4, 0.5) is 18.9 Å². The van der Waals surface area contributed by atoms with Crippen LogP contribution in [0.15, 0.2) is 29.5 Å². The Labute approximate surface area is 157 Å². The first-order valence-electron chi connectivity index (χ1n) is 7.65. The molecule has 2 aliphatic rings. The number of nitrogens with zero attached hydrogens (tertiary/aromatic N) is 1. The second-order valence-electron chi connectivity index (χ2n) is 7.21. The Morgan fingerprint density at radius 1 is 1.12 bits per heavy atom. The third-order valence-corrected chi connectivity index (χ3v) is 5.31. The van der Waals surface area contributed by atoms with E-state index in [1.54, 1.807) is 13.8 Å². The predicted molar refractivity (Wildman–Crippen MR) is 90.0 cm³/mol. The van der Waals surface area contributed by atoms with E-state index in [1.165, 1.54) is 18.2 Å². The van der Waals surface area contributed by atoms with Crippen LogP contribution in [0.25, 0.3) is 0 Å². The van der Waals surface area contributed by atoms with Gasteiger partial charge >= 0.3 is 6.18 Å². The lowest BCUT2D eigenvalue weighted by molar-refractivity contribution is -0.235. The monoisotopic (exact) mass is 407 g/mol. The topological polar surface area (TPSA) is 57.6 Å². The molecule has 1 amide bonds. The Kier molecular flexibility index (Phi) is 4.22. The molecule has 1 atom stereocenters. The van der Waals surface area contributed by atoms with Crippen LogP contribution in [-0.2, 0) is 9.59 Å². The normalized spacial score (nSPS) is 25.8. The van der Waals surface area contributed by atoms with Gasteiger partial charge in [-0.05, 0) is 30.0 Å². The fourth-order valence-corrected chi connectivity index (χ4v) is 3.73. The van der Waals surface area contributed by atoms with Crippen LogP contribution in [0.5, 0.6) is 0 Å². The first-order valence-corrected chi connectivity index (χ1v) is 8.41. The van der Waals surface area contributed by atoms with Gasteiger partial charge in [-0.1, -0.05) is 37.0 Å². The number of aliphatic hydroxyl groups is 1. The van der Waals surface area contributed by atoms with Gasteiger partial charge in [0.2, 0.25) is 0 Å². The first-order chi connectivity index (χ1) is 11.8. The summed E-state index contributed by atoms with van der Waals surface area (Å²) in [7, 11) is 0. The number of allylic oxidation sites excluding steroid dienone is 1. The number of benzene rings is 1. The minimum Gasteiger partial charge on any atom is -0.368 e. The van der Waals surface area contributed by atoms with Gasteiger partial charge in [-0.2, -0.15) is 13.2 Å². The summed E-state index contributed by atoms with van der Waals surface area (Å²) in [5.41, 5.74) is -5.60. The van der Waals surface area contributed by atoms with Crippen molar-refractivity contribution in [3.8, 4) is 0 Å². The van der Waals surface area contributed by atoms with Gasteiger partial charge in [0.15, 0.2) is 5.78 Å². The molecule has 140 valence electrons. The number of carbonyl (C=O) groups excluding carboxylic acids is 2. The maximum Gasteiger partial charge on any atom is 0.430 e. The average Bonchev–Trinajstić information content (AvgIpc) is 2.70. The highest BCUT2D eigenvalue weighted by Gasteiger charge is 2.70. The van der Waals surface area contributed by atoms with Gasteiger partial charge in [0, 0.05) is 12.1 Å². The number of ketones is 1. The van der Waals surface area contributed by atoms with E-state index >= 15 is 0 Å². The quantitative estimate of drug-likeness (QED) is 0.755. The Balaban J connectivity index is 2.27. The smallest absolute Gasteiger partial charge is 0.368 e. The molecule has 3 rings (SSSR count). The minimum atomic E-state index is -5.34. The third kappa shape index (κ3) is 2.64. The zero-order valence-electron chi connectivity index (χ0n) is 13.7. The summed E-state index contributed by atoms with van der Waals surface area (Å²) < 4.78 is 40.9. The number of Topliss-reactive ketones (excluding diaryl/α,β-unsaturated/α-hetero) is 1. The summed E-state index contributed by atoms with van der Waals surface area (Å²) in [6.45, 7) is 3.41. The van der Waals surface area contributed by atoms with E-state index in [-0.39, 0.29) is 34.3 Å². The number of amides is 1. The van der Waals surface area contributed by atoms with Crippen molar-refractivity contribution in [1.82, 2.24) is 0 Å². The van der Waals surface area contributed by atoms with E-state index in [0.29, 0.717) is 0 Å². The van der Waals surface area contributed by atoms with E-state index in [4.69, 9.17) is 23.2 Å². The standard InChI is InChI=1S/C17H14Cl2F3NO3/c1-15(2)6-11-13(12(24)7-15)16(26,17(20,21)22)14(25)23(11)8-3-4-9(18)10(19)5-8/h3-5,26H,6-7H2,1-2H3/t16-/m1/s1. The maximum absolute atomic E-state index is 13.6. The zero-order valence-corrected chi connectivity index (χ0v) is 15.3. The molecule has 0 saturated carbocycles. The molecule has 0 radical (unpaired) electrons. The van der Waals surface area contributed by atoms with Crippen molar-refractivity contribution >= 4 is 40.6 Å². The van der Waals surface area contributed by atoms with Crippen LogP contribution in [0.2, 0.25) is 10.0 Å². The molecule has 26 heavy (non-hydrogen) atoms. The van der Waals surface area contributed by atoms with Crippen molar-refractivity contribution in [2.24, 2.45) is 5.41 Å². The van der Waals surface area contributed by atoms with E-state index < -0.39 is 34.5 Å². The molecule has 0 aromatic heterocycles. The molecule has 9 heteroatoms. The highest BCUT2D eigenvalue weighted by Crippen LogP contribution is 2.52. The summed E-state index contributed by atoms with van der Waals surface area (Å²) in [5.74, 6) is -2.54. The predicted octanol–water partition coefficient (Wildman–Crippen LogP) is 4.28. The van der Waals surface area contributed by atoms with E-state index in [9.17, 15) is 27.9 Å². The van der Waals surface area contributed by atoms with Crippen LogP contribution in [-0.4, -0.2) is 28.6 Å². The summed E-state index contributed by atoms with van der Waals surface area (Å²) in [5, 5.41) is 10.5. The Morgan fingerprint density at radius 2 is 1.73 bits per heavy atom. The van der Waals surface area contributed by atoms with Gasteiger partial charge in [0.1, 0.15) is 0 Å².